The lowest BCUT2D eigenvalue weighted by Gasteiger charge is -2.17. The number of hydrogen-bond donors (Lipinski definition) is 2. The summed E-state index contributed by atoms with van der Waals surface area (Å²) in [6, 6.07) is 16.1. The molecule has 0 aliphatic heterocycles. The third-order valence-corrected chi connectivity index (χ3v) is 3.17. The molecule has 100 valence electrons. The Morgan fingerprint density at radius 3 is 2.26 bits per heavy atom. The molecule has 2 aromatic rings. The molecular formula is C16H18FNO. The van der Waals surface area contributed by atoms with E-state index >= 15 is 0 Å². The molecule has 1 unspecified atom stereocenters. The molecular weight excluding hydrogens is 241 g/mol. The highest BCUT2D eigenvalue weighted by molar-refractivity contribution is 5.20. The van der Waals surface area contributed by atoms with Gasteiger partial charge in [-0.2, -0.15) is 0 Å². The highest BCUT2D eigenvalue weighted by atomic mass is 19.1. The van der Waals surface area contributed by atoms with E-state index in [9.17, 15) is 9.50 Å². The van der Waals surface area contributed by atoms with Crippen molar-refractivity contribution in [2.24, 2.45) is 0 Å². The second-order valence-corrected chi connectivity index (χ2v) is 4.61. The molecule has 2 aromatic carbocycles. The van der Waals surface area contributed by atoms with Crippen molar-refractivity contribution in [1.29, 1.82) is 0 Å². The zero-order chi connectivity index (χ0) is 13.7. The predicted molar refractivity (Wildman–Crippen MR) is 74.2 cm³/mol. The molecule has 0 aliphatic rings. The predicted octanol–water partition coefficient (Wildman–Crippen LogP) is 3.21. The largest absolute Gasteiger partial charge is 0.387 e. The van der Waals surface area contributed by atoms with Gasteiger partial charge in [0, 0.05) is 12.6 Å². The first kappa shape index (κ1) is 13.7. The Bertz CT molecular complexity index is 498. The molecule has 2 N–H and O–H groups in total. The van der Waals surface area contributed by atoms with E-state index in [-0.39, 0.29) is 11.9 Å². The molecule has 0 heterocycles. The van der Waals surface area contributed by atoms with Crippen LogP contribution in [0.3, 0.4) is 0 Å². The van der Waals surface area contributed by atoms with Gasteiger partial charge in [0.2, 0.25) is 0 Å². The van der Waals surface area contributed by atoms with E-state index in [2.05, 4.69) is 5.32 Å². The maximum absolute atomic E-state index is 12.8. The number of halogens is 1. The molecule has 0 aliphatic carbocycles. The highest BCUT2D eigenvalue weighted by Crippen LogP contribution is 2.15. The molecule has 3 heteroatoms. The van der Waals surface area contributed by atoms with Crippen molar-refractivity contribution in [3.63, 3.8) is 0 Å². The second-order valence-electron chi connectivity index (χ2n) is 4.61. The molecule has 19 heavy (non-hydrogen) atoms. The first-order valence-corrected chi connectivity index (χ1v) is 6.38. The average Bonchev–Trinajstić information content (AvgIpc) is 2.46. The van der Waals surface area contributed by atoms with E-state index in [1.807, 2.05) is 37.3 Å². The molecule has 2 atom stereocenters. The summed E-state index contributed by atoms with van der Waals surface area (Å²) in [5.74, 6) is -0.290. The molecule has 2 nitrogen and oxygen atoms in total. The Labute approximate surface area is 112 Å². The average molecular weight is 259 g/mol. The van der Waals surface area contributed by atoms with Gasteiger partial charge in [0.25, 0.3) is 0 Å². The molecule has 2 rings (SSSR count). The van der Waals surface area contributed by atoms with Gasteiger partial charge in [-0.3, -0.25) is 0 Å². The summed E-state index contributed by atoms with van der Waals surface area (Å²) in [5.41, 5.74) is 1.89. The van der Waals surface area contributed by atoms with Gasteiger partial charge in [-0.05, 0) is 30.2 Å². The molecule has 0 amide bonds. The Balaban J connectivity index is 1.90. The SMILES string of the molecule is CC(NC[C@H](O)c1ccc(F)cc1)c1ccccc1. The van der Waals surface area contributed by atoms with Crippen LogP contribution < -0.4 is 5.32 Å². The van der Waals surface area contributed by atoms with E-state index in [0.29, 0.717) is 12.1 Å². The minimum absolute atomic E-state index is 0.163. The number of rotatable bonds is 5. The van der Waals surface area contributed by atoms with Gasteiger partial charge in [-0.15, -0.1) is 0 Å². The van der Waals surface area contributed by atoms with E-state index in [1.54, 1.807) is 12.1 Å². The van der Waals surface area contributed by atoms with Crippen LogP contribution in [0.1, 0.15) is 30.2 Å². The van der Waals surface area contributed by atoms with Crippen molar-refractivity contribution in [1.82, 2.24) is 5.32 Å². The molecule has 0 radical (unpaired) electrons. The topological polar surface area (TPSA) is 32.3 Å². The second kappa shape index (κ2) is 6.45. The fourth-order valence-electron chi connectivity index (χ4n) is 1.95. The lowest BCUT2D eigenvalue weighted by atomic mass is 10.1. The normalized spacial score (nSPS) is 14.1. The molecule has 0 aromatic heterocycles. The molecule has 0 fully saturated rings. The van der Waals surface area contributed by atoms with Crippen LogP contribution in [0.4, 0.5) is 4.39 Å². The highest BCUT2D eigenvalue weighted by Gasteiger charge is 2.10. The van der Waals surface area contributed by atoms with Gasteiger partial charge in [0.05, 0.1) is 6.10 Å². The van der Waals surface area contributed by atoms with Gasteiger partial charge in [0.15, 0.2) is 0 Å². The van der Waals surface area contributed by atoms with Gasteiger partial charge in [-0.25, -0.2) is 4.39 Å². The van der Waals surface area contributed by atoms with Crippen LogP contribution in [-0.2, 0) is 0 Å². The van der Waals surface area contributed by atoms with E-state index in [1.165, 1.54) is 17.7 Å². The van der Waals surface area contributed by atoms with E-state index in [4.69, 9.17) is 0 Å². The first-order chi connectivity index (χ1) is 9.16. The number of nitrogens with one attached hydrogen (secondary N) is 1. The van der Waals surface area contributed by atoms with Crippen LogP contribution in [0.5, 0.6) is 0 Å². The molecule has 0 saturated carbocycles. The van der Waals surface area contributed by atoms with Crippen molar-refractivity contribution in [3.05, 3.63) is 71.5 Å². The Kier molecular flexibility index (Phi) is 4.66. The summed E-state index contributed by atoms with van der Waals surface area (Å²) in [5, 5.41) is 13.3. The summed E-state index contributed by atoms with van der Waals surface area (Å²) in [6.45, 7) is 2.48. The number of hydrogen-bond acceptors (Lipinski definition) is 2. The summed E-state index contributed by atoms with van der Waals surface area (Å²) >= 11 is 0. The molecule has 0 saturated heterocycles. The zero-order valence-corrected chi connectivity index (χ0v) is 10.9. The van der Waals surface area contributed by atoms with Gasteiger partial charge < -0.3 is 10.4 Å². The lowest BCUT2D eigenvalue weighted by Crippen LogP contribution is -2.24. The minimum atomic E-state index is -0.633. The fourth-order valence-corrected chi connectivity index (χ4v) is 1.95. The van der Waals surface area contributed by atoms with Crippen LogP contribution in [0, 0.1) is 5.82 Å². The molecule has 0 spiro atoms. The van der Waals surface area contributed by atoms with Gasteiger partial charge in [0.1, 0.15) is 5.82 Å². The van der Waals surface area contributed by atoms with Crippen LogP contribution in [0.15, 0.2) is 54.6 Å². The number of aliphatic hydroxyl groups excluding tert-OH is 1. The van der Waals surface area contributed by atoms with Gasteiger partial charge in [-0.1, -0.05) is 42.5 Å². The van der Waals surface area contributed by atoms with E-state index < -0.39 is 6.10 Å². The Morgan fingerprint density at radius 2 is 1.63 bits per heavy atom. The number of benzene rings is 2. The van der Waals surface area contributed by atoms with Crippen molar-refractivity contribution in [2.75, 3.05) is 6.54 Å². The summed E-state index contributed by atoms with van der Waals surface area (Å²) < 4.78 is 12.8. The summed E-state index contributed by atoms with van der Waals surface area (Å²) in [4.78, 5) is 0. The van der Waals surface area contributed by atoms with Crippen LogP contribution >= 0.6 is 0 Å². The van der Waals surface area contributed by atoms with Crippen molar-refractivity contribution in [2.45, 2.75) is 19.1 Å². The quantitative estimate of drug-likeness (QED) is 0.864. The Morgan fingerprint density at radius 1 is 1.00 bits per heavy atom. The molecule has 0 bridgehead atoms. The van der Waals surface area contributed by atoms with E-state index in [0.717, 1.165) is 0 Å². The van der Waals surface area contributed by atoms with Crippen LogP contribution in [0.25, 0.3) is 0 Å². The van der Waals surface area contributed by atoms with Crippen molar-refractivity contribution < 1.29 is 9.50 Å². The summed E-state index contributed by atoms with van der Waals surface area (Å²) in [7, 11) is 0. The van der Waals surface area contributed by atoms with Gasteiger partial charge >= 0.3 is 0 Å². The maximum atomic E-state index is 12.8. The van der Waals surface area contributed by atoms with Crippen molar-refractivity contribution >= 4 is 0 Å². The third kappa shape index (κ3) is 3.88. The van der Waals surface area contributed by atoms with Crippen LogP contribution in [-0.4, -0.2) is 11.7 Å². The maximum Gasteiger partial charge on any atom is 0.123 e. The van der Waals surface area contributed by atoms with Crippen LogP contribution in [0.2, 0.25) is 0 Å². The third-order valence-electron chi connectivity index (χ3n) is 3.17. The lowest BCUT2D eigenvalue weighted by molar-refractivity contribution is 0.170. The Hall–Kier alpha value is -1.71. The van der Waals surface area contributed by atoms with Crippen molar-refractivity contribution in [3.8, 4) is 0 Å². The monoisotopic (exact) mass is 259 g/mol. The first-order valence-electron chi connectivity index (χ1n) is 6.38. The smallest absolute Gasteiger partial charge is 0.123 e. The number of aliphatic hydroxyl groups is 1. The minimum Gasteiger partial charge on any atom is -0.387 e. The zero-order valence-electron chi connectivity index (χ0n) is 10.9. The standard InChI is InChI=1S/C16H18FNO/c1-12(13-5-3-2-4-6-13)18-11-16(19)14-7-9-15(17)10-8-14/h2-10,12,16,18-19H,11H2,1H3/t12?,16-/m0/s1. The summed E-state index contributed by atoms with van der Waals surface area (Å²) in [6.07, 6.45) is -0.633. The fraction of sp³-hybridized carbons (Fsp3) is 0.250.